The fraction of sp³-hybridized carbons (Fsp3) is 0.238. The first-order valence-electron chi connectivity index (χ1n) is 9.03. The Morgan fingerprint density at radius 3 is 2.38 bits per heavy atom. The summed E-state index contributed by atoms with van der Waals surface area (Å²) in [5, 5.41) is 2.90. The normalized spacial score (nSPS) is 11.6. The first-order chi connectivity index (χ1) is 14.1. The van der Waals surface area contributed by atoms with Gasteiger partial charge in [0.15, 0.2) is 0 Å². The molecule has 1 aromatic heterocycles. The molecule has 1 atom stereocenters. The minimum Gasteiger partial charge on any atom is -0.497 e. The summed E-state index contributed by atoms with van der Waals surface area (Å²) in [6.45, 7) is 0.258. The highest BCUT2D eigenvalue weighted by molar-refractivity contribution is 5.73. The Labute approximate surface area is 169 Å². The Kier molecular flexibility index (Phi) is 6.70. The van der Waals surface area contributed by atoms with Crippen LogP contribution in [0, 0.1) is 0 Å². The number of hydrogen-bond donors (Lipinski definition) is 2. The summed E-state index contributed by atoms with van der Waals surface area (Å²) in [5.41, 5.74) is 4.13. The molecule has 0 saturated heterocycles. The van der Waals surface area contributed by atoms with E-state index in [4.69, 9.17) is 14.3 Å². The number of ether oxygens (including phenoxy) is 2. The van der Waals surface area contributed by atoms with Crippen LogP contribution in [0.15, 0.2) is 60.9 Å². The number of urea groups is 1. The number of imidazole rings is 1. The molecule has 0 aliphatic carbocycles. The largest absolute Gasteiger partial charge is 0.497 e. The number of amides is 2. The zero-order valence-electron chi connectivity index (χ0n) is 16.6. The molecule has 2 aromatic carbocycles. The van der Waals surface area contributed by atoms with Crippen LogP contribution in [0.3, 0.4) is 0 Å². The molecule has 0 fully saturated rings. The lowest BCUT2D eigenvalue weighted by Crippen LogP contribution is -2.39. The first-order valence-corrected chi connectivity index (χ1v) is 9.03. The molecule has 3 aromatic rings. The number of rotatable bonds is 8. The Bertz CT molecular complexity index is 921. The molecule has 0 aliphatic rings. The zero-order valence-corrected chi connectivity index (χ0v) is 16.6. The van der Waals surface area contributed by atoms with Gasteiger partial charge in [-0.3, -0.25) is 4.84 Å². The van der Waals surface area contributed by atoms with Crippen LogP contribution in [0.1, 0.15) is 23.0 Å². The number of methoxy groups -OCH3 is 2. The summed E-state index contributed by atoms with van der Waals surface area (Å²) >= 11 is 0. The van der Waals surface area contributed by atoms with Gasteiger partial charge >= 0.3 is 6.03 Å². The maximum Gasteiger partial charge on any atom is 0.339 e. The van der Waals surface area contributed by atoms with Crippen molar-refractivity contribution in [2.24, 2.45) is 7.05 Å². The van der Waals surface area contributed by atoms with Crippen LogP contribution < -0.4 is 20.3 Å². The van der Waals surface area contributed by atoms with Gasteiger partial charge in [0.1, 0.15) is 23.4 Å². The molecule has 8 heteroatoms. The van der Waals surface area contributed by atoms with Crippen molar-refractivity contribution in [3.63, 3.8) is 0 Å². The van der Waals surface area contributed by atoms with E-state index in [1.807, 2.05) is 60.3 Å². The van der Waals surface area contributed by atoms with Gasteiger partial charge in [0.2, 0.25) is 0 Å². The van der Waals surface area contributed by atoms with Gasteiger partial charge < -0.3 is 19.4 Å². The molecule has 0 spiro atoms. The van der Waals surface area contributed by atoms with Gasteiger partial charge in [0.25, 0.3) is 0 Å². The topological polar surface area (TPSA) is 86.6 Å². The number of nitrogens with zero attached hydrogens (tertiary/aromatic N) is 2. The fourth-order valence-corrected chi connectivity index (χ4v) is 2.87. The van der Waals surface area contributed by atoms with Crippen molar-refractivity contribution in [3.05, 3.63) is 77.9 Å². The summed E-state index contributed by atoms with van der Waals surface area (Å²) in [4.78, 5) is 22.2. The van der Waals surface area contributed by atoms with Crippen LogP contribution in [0.2, 0.25) is 0 Å². The first kappa shape index (κ1) is 20.2. The molecule has 152 valence electrons. The molecule has 0 saturated carbocycles. The van der Waals surface area contributed by atoms with E-state index in [1.165, 1.54) is 0 Å². The predicted octanol–water partition coefficient (Wildman–Crippen LogP) is 2.96. The molecule has 3 rings (SSSR count). The maximum absolute atomic E-state index is 12.5. The average Bonchev–Trinajstić information content (AvgIpc) is 3.17. The number of aryl methyl sites for hydroxylation is 1. The number of hydrogen-bond acceptors (Lipinski definition) is 5. The molecule has 1 heterocycles. The molecule has 0 radical (unpaired) electrons. The van der Waals surface area contributed by atoms with E-state index < -0.39 is 12.1 Å². The van der Waals surface area contributed by atoms with Gasteiger partial charge in [0, 0.05) is 25.5 Å². The van der Waals surface area contributed by atoms with E-state index in [9.17, 15) is 4.79 Å². The van der Waals surface area contributed by atoms with Crippen molar-refractivity contribution in [2.45, 2.75) is 12.6 Å². The Hall–Kier alpha value is -3.52. The van der Waals surface area contributed by atoms with E-state index in [-0.39, 0.29) is 6.61 Å². The van der Waals surface area contributed by atoms with Crippen LogP contribution in [0.5, 0.6) is 11.5 Å². The smallest absolute Gasteiger partial charge is 0.339 e. The van der Waals surface area contributed by atoms with Crippen LogP contribution >= 0.6 is 0 Å². The highest BCUT2D eigenvalue weighted by Gasteiger charge is 2.22. The third kappa shape index (κ3) is 5.26. The second-order valence-corrected chi connectivity index (χ2v) is 6.33. The summed E-state index contributed by atoms with van der Waals surface area (Å²) < 4.78 is 12.5. The lowest BCUT2D eigenvalue weighted by molar-refractivity contribution is 0.0484. The van der Waals surface area contributed by atoms with Crippen molar-refractivity contribution < 1.29 is 19.1 Å². The Balaban J connectivity index is 1.76. The molecule has 29 heavy (non-hydrogen) atoms. The van der Waals surface area contributed by atoms with Crippen molar-refractivity contribution in [3.8, 4) is 11.5 Å². The van der Waals surface area contributed by atoms with E-state index in [0.29, 0.717) is 17.3 Å². The number of aromatic nitrogens is 2. The van der Waals surface area contributed by atoms with Gasteiger partial charge in [0.05, 0.1) is 20.8 Å². The molecular formula is C21H24N4O4. The van der Waals surface area contributed by atoms with E-state index in [2.05, 4.69) is 15.8 Å². The Morgan fingerprint density at radius 1 is 1.10 bits per heavy atom. The number of carbonyl (C=O) groups excluding carboxylic acids is 1. The van der Waals surface area contributed by atoms with Gasteiger partial charge in [-0.2, -0.15) is 0 Å². The quantitative estimate of drug-likeness (QED) is 0.572. The predicted molar refractivity (Wildman–Crippen MR) is 107 cm³/mol. The lowest BCUT2D eigenvalue weighted by Gasteiger charge is -2.20. The zero-order chi connectivity index (χ0) is 20.6. The van der Waals surface area contributed by atoms with E-state index >= 15 is 0 Å². The molecule has 2 N–H and O–H groups in total. The number of nitrogens with one attached hydrogen (secondary N) is 2. The van der Waals surface area contributed by atoms with Gasteiger partial charge in [-0.05, 0) is 23.3 Å². The maximum atomic E-state index is 12.5. The van der Waals surface area contributed by atoms with Gasteiger partial charge in [-0.15, -0.1) is 0 Å². The molecule has 0 bridgehead atoms. The van der Waals surface area contributed by atoms with E-state index in [0.717, 1.165) is 11.1 Å². The van der Waals surface area contributed by atoms with Crippen molar-refractivity contribution in [1.82, 2.24) is 20.3 Å². The third-order valence-corrected chi connectivity index (χ3v) is 4.35. The summed E-state index contributed by atoms with van der Waals surface area (Å²) in [5.74, 6) is 1.88. The van der Waals surface area contributed by atoms with Crippen LogP contribution in [0.4, 0.5) is 4.79 Å². The van der Waals surface area contributed by atoms with Crippen LogP contribution in [0.25, 0.3) is 0 Å². The average molecular weight is 396 g/mol. The number of benzene rings is 2. The number of carbonyl (C=O) groups is 1. The SMILES string of the molecule is COc1cc(OC)cc([C@@H](NC(=O)NOCc2ccccc2)c2nccn2C)c1. The Morgan fingerprint density at radius 2 is 1.79 bits per heavy atom. The monoisotopic (exact) mass is 396 g/mol. The summed E-state index contributed by atoms with van der Waals surface area (Å²) in [7, 11) is 5.01. The molecular weight excluding hydrogens is 372 g/mol. The summed E-state index contributed by atoms with van der Waals surface area (Å²) in [6.07, 6.45) is 3.48. The van der Waals surface area contributed by atoms with Gasteiger partial charge in [-0.1, -0.05) is 30.3 Å². The summed E-state index contributed by atoms with van der Waals surface area (Å²) in [6, 6.07) is 14.0. The lowest BCUT2D eigenvalue weighted by atomic mass is 10.1. The minimum absolute atomic E-state index is 0.258. The molecule has 2 amide bonds. The van der Waals surface area contributed by atoms with Crippen molar-refractivity contribution in [2.75, 3.05) is 14.2 Å². The van der Waals surface area contributed by atoms with Crippen molar-refractivity contribution >= 4 is 6.03 Å². The van der Waals surface area contributed by atoms with Crippen LogP contribution in [-0.4, -0.2) is 29.8 Å². The molecule has 0 aliphatic heterocycles. The van der Waals surface area contributed by atoms with Crippen molar-refractivity contribution in [1.29, 1.82) is 0 Å². The standard InChI is InChI=1S/C21H24N4O4/c1-25-10-9-22-20(25)19(16-11-17(27-2)13-18(12-16)28-3)23-21(26)24-29-14-15-7-5-4-6-8-15/h4-13,19H,14H2,1-3H3,(H2,23,24,26)/t19-/m1/s1. The molecule has 0 unspecified atom stereocenters. The second kappa shape index (κ2) is 9.61. The fourth-order valence-electron chi connectivity index (χ4n) is 2.87. The third-order valence-electron chi connectivity index (χ3n) is 4.35. The van der Waals surface area contributed by atoms with Crippen LogP contribution in [-0.2, 0) is 18.5 Å². The number of hydroxylamine groups is 1. The minimum atomic E-state index is -0.542. The highest BCUT2D eigenvalue weighted by atomic mass is 16.7. The highest BCUT2D eigenvalue weighted by Crippen LogP contribution is 2.29. The van der Waals surface area contributed by atoms with E-state index in [1.54, 1.807) is 26.5 Å². The molecule has 8 nitrogen and oxygen atoms in total. The second-order valence-electron chi connectivity index (χ2n) is 6.33. The van der Waals surface area contributed by atoms with Gasteiger partial charge in [-0.25, -0.2) is 15.3 Å².